The van der Waals surface area contributed by atoms with Gasteiger partial charge in [-0.3, -0.25) is 4.90 Å². The predicted molar refractivity (Wildman–Crippen MR) is 66.7 cm³/mol. The van der Waals surface area contributed by atoms with Crippen LogP contribution < -0.4 is 5.32 Å². The second kappa shape index (κ2) is 6.58. The third-order valence-corrected chi connectivity index (χ3v) is 3.85. The lowest BCUT2D eigenvalue weighted by atomic mass is 10.0. The Balaban J connectivity index is 1.82. The van der Waals surface area contributed by atoms with Crippen LogP contribution in [0.25, 0.3) is 0 Å². The summed E-state index contributed by atoms with van der Waals surface area (Å²) in [5.74, 6) is 0. The second-order valence-electron chi connectivity index (χ2n) is 5.07. The van der Waals surface area contributed by atoms with Crippen molar-refractivity contribution in [1.82, 2.24) is 10.2 Å². The van der Waals surface area contributed by atoms with Gasteiger partial charge in [0.15, 0.2) is 0 Å². The number of rotatable bonds is 3. The van der Waals surface area contributed by atoms with Gasteiger partial charge >= 0.3 is 0 Å². The summed E-state index contributed by atoms with van der Waals surface area (Å²) in [7, 11) is 0. The number of piperidine rings is 1. The van der Waals surface area contributed by atoms with Crippen LogP contribution >= 0.6 is 0 Å². The minimum absolute atomic E-state index is 0.488. The molecule has 0 aromatic rings. The highest BCUT2D eigenvalue weighted by atomic mass is 16.5. The monoisotopic (exact) mass is 226 g/mol. The fourth-order valence-corrected chi connectivity index (χ4v) is 2.98. The molecule has 0 aliphatic carbocycles. The molecular weight excluding hydrogens is 200 g/mol. The van der Waals surface area contributed by atoms with E-state index < -0.39 is 0 Å². The molecular formula is C13H26N2O. The lowest BCUT2D eigenvalue weighted by Crippen LogP contribution is -2.48. The molecule has 3 nitrogen and oxygen atoms in total. The van der Waals surface area contributed by atoms with E-state index in [9.17, 15) is 0 Å². The highest BCUT2D eigenvalue weighted by Crippen LogP contribution is 2.19. The number of hydrogen-bond donors (Lipinski definition) is 1. The predicted octanol–water partition coefficient (Wildman–Crippen LogP) is 1.63. The zero-order valence-corrected chi connectivity index (χ0v) is 10.6. The third kappa shape index (κ3) is 3.44. The quantitative estimate of drug-likeness (QED) is 0.791. The molecule has 3 heteroatoms. The molecule has 0 amide bonds. The molecule has 2 atom stereocenters. The van der Waals surface area contributed by atoms with Gasteiger partial charge in [0, 0.05) is 25.7 Å². The van der Waals surface area contributed by atoms with Crippen LogP contribution in [0.5, 0.6) is 0 Å². The fraction of sp³-hybridized carbons (Fsp3) is 1.00. The number of hydrogen-bond acceptors (Lipinski definition) is 3. The molecule has 2 fully saturated rings. The Morgan fingerprint density at radius 2 is 2.19 bits per heavy atom. The summed E-state index contributed by atoms with van der Waals surface area (Å²) in [6.07, 6.45) is 7.14. The number of nitrogens with one attached hydrogen (secondary N) is 1. The van der Waals surface area contributed by atoms with E-state index in [1.54, 1.807) is 0 Å². The van der Waals surface area contributed by atoms with Crippen molar-refractivity contribution in [2.24, 2.45) is 0 Å². The second-order valence-corrected chi connectivity index (χ2v) is 5.07. The Morgan fingerprint density at radius 3 is 3.06 bits per heavy atom. The molecule has 94 valence electrons. The van der Waals surface area contributed by atoms with Crippen LogP contribution in [-0.4, -0.2) is 49.8 Å². The van der Waals surface area contributed by atoms with Crippen LogP contribution in [0.4, 0.5) is 0 Å². The molecule has 2 aliphatic rings. The average molecular weight is 226 g/mol. The van der Waals surface area contributed by atoms with Crippen molar-refractivity contribution in [1.29, 1.82) is 0 Å². The standard InChI is InChI=1S/C13H26N2O/c1-2-16-13-7-5-9-15(11-13)12-6-3-4-8-14-10-12/h12-14H,2-11H2,1H3. The first-order valence-electron chi connectivity index (χ1n) is 6.96. The molecule has 2 rings (SSSR count). The van der Waals surface area contributed by atoms with Gasteiger partial charge in [0.2, 0.25) is 0 Å². The first-order chi connectivity index (χ1) is 7.90. The van der Waals surface area contributed by atoms with Crippen molar-refractivity contribution in [2.75, 3.05) is 32.8 Å². The van der Waals surface area contributed by atoms with Crippen LogP contribution in [-0.2, 0) is 4.74 Å². The minimum Gasteiger partial charge on any atom is -0.377 e. The summed E-state index contributed by atoms with van der Waals surface area (Å²) in [4.78, 5) is 2.65. The molecule has 2 heterocycles. The maximum absolute atomic E-state index is 5.77. The largest absolute Gasteiger partial charge is 0.377 e. The lowest BCUT2D eigenvalue weighted by molar-refractivity contribution is -0.00773. The number of likely N-dealkylation sites (tertiary alicyclic amines) is 1. The Hall–Kier alpha value is -0.120. The average Bonchev–Trinajstić information content (AvgIpc) is 2.58. The molecule has 0 saturated carbocycles. The van der Waals surface area contributed by atoms with E-state index in [4.69, 9.17) is 4.74 Å². The lowest BCUT2D eigenvalue weighted by Gasteiger charge is -2.37. The van der Waals surface area contributed by atoms with Crippen molar-refractivity contribution in [3.8, 4) is 0 Å². The van der Waals surface area contributed by atoms with Crippen LogP contribution in [0.3, 0.4) is 0 Å². The summed E-state index contributed by atoms with van der Waals surface area (Å²) in [5, 5.41) is 3.56. The highest BCUT2D eigenvalue weighted by Gasteiger charge is 2.26. The first-order valence-corrected chi connectivity index (χ1v) is 6.96. The summed E-state index contributed by atoms with van der Waals surface area (Å²) in [6.45, 7) is 7.78. The van der Waals surface area contributed by atoms with E-state index in [2.05, 4.69) is 17.1 Å². The molecule has 0 aromatic carbocycles. The number of ether oxygens (including phenoxy) is 1. The molecule has 0 radical (unpaired) electrons. The van der Waals surface area contributed by atoms with Gasteiger partial charge in [-0.05, 0) is 45.7 Å². The van der Waals surface area contributed by atoms with Crippen LogP contribution in [0.15, 0.2) is 0 Å². The van der Waals surface area contributed by atoms with Gasteiger partial charge in [0.25, 0.3) is 0 Å². The van der Waals surface area contributed by atoms with E-state index in [1.807, 2.05) is 0 Å². The molecule has 0 aromatic heterocycles. The SMILES string of the molecule is CCOC1CCCN(C2CCCCNC2)C1. The Labute approximate surface area is 99.5 Å². The maximum Gasteiger partial charge on any atom is 0.0702 e. The van der Waals surface area contributed by atoms with Gasteiger partial charge in [-0.25, -0.2) is 0 Å². The summed E-state index contributed by atoms with van der Waals surface area (Å²) < 4.78 is 5.77. The van der Waals surface area contributed by atoms with E-state index in [-0.39, 0.29) is 0 Å². The molecule has 0 spiro atoms. The van der Waals surface area contributed by atoms with Gasteiger partial charge in [0.1, 0.15) is 0 Å². The summed E-state index contributed by atoms with van der Waals surface area (Å²) in [5.41, 5.74) is 0. The first kappa shape index (κ1) is 12.3. The topological polar surface area (TPSA) is 24.5 Å². The van der Waals surface area contributed by atoms with Gasteiger partial charge in [0.05, 0.1) is 6.10 Å². The highest BCUT2D eigenvalue weighted by molar-refractivity contribution is 4.82. The molecule has 2 unspecified atom stereocenters. The van der Waals surface area contributed by atoms with E-state index >= 15 is 0 Å². The van der Waals surface area contributed by atoms with Gasteiger partial charge in [-0.15, -0.1) is 0 Å². The van der Waals surface area contributed by atoms with Gasteiger partial charge in [-0.2, -0.15) is 0 Å². The summed E-state index contributed by atoms with van der Waals surface area (Å²) >= 11 is 0. The fourth-order valence-electron chi connectivity index (χ4n) is 2.98. The minimum atomic E-state index is 0.488. The molecule has 16 heavy (non-hydrogen) atoms. The smallest absolute Gasteiger partial charge is 0.0702 e. The van der Waals surface area contributed by atoms with E-state index in [1.165, 1.54) is 51.7 Å². The van der Waals surface area contributed by atoms with Crippen LogP contribution in [0.1, 0.15) is 39.0 Å². The Kier molecular flexibility index (Phi) is 5.07. The van der Waals surface area contributed by atoms with E-state index in [0.717, 1.165) is 19.2 Å². The normalized spacial score (nSPS) is 33.6. The zero-order chi connectivity index (χ0) is 11.2. The van der Waals surface area contributed by atoms with Crippen molar-refractivity contribution >= 4 is 0 Å². The van der Waals surface area contributed by atoms with E-state index in [0.29, 0.717) is 6.10 Å². The molecule has 1 N–H and O–H groups in total. The van der Waals surface area contributed by atoms with Crippen LogP contribution in [0.2, 0.25) is 0 Å². The van der Waals surface area contributed by atoms with Crippen molar-refractivity contribution in [3.05, 3.63) is 0 Å². The van der Waals surface area contributed by atoms with Crippen LogP contribution in [0, 0.1) is 0 Å². The Morgan fingerprint density at radius 1 is 1.25 bits per heavy atom. The van der Waals surface area contributed by atoms with Crippen molar-refractivity contribution in [2.45, 2.75) is 51.2 Å². The Bertz CT molecular complexity index is 188. The van der Waals surface area contributed by atoms with Gasteiger partial charge < -0.3 is 10.1 Å². The van der Waals surface area contributed by atoms with Crippen molar-refractivity contribution < 1.29 is 4.74 Å². The summed E-state index contributed by atoms with van der Waals surface area (Å²) in [6, 6.07) is 0.755. The third-order valence-electron chi connectivity index (χ3n) is 3.85. The van der Waals surface area contributed by atoms with Crippen molar-refractivity contribution in [3.63, 3.8) is 0 Å². The zero-order valence-electron chi connectivity index (χ0n) is 10.6. The molecule has 2 saturated heterocycles. The van der Waals surface area contributed by atoms with Gasteiger partial charge in [-0.1, -0.05) is 6.42 Å². The number of nitrogens with zero attached hydrogens (tertiary/aromatic N) is 1. The maximum atomic E-state index is 5.77. The molecule has 2 aliphatic heterocycles. The molecule has 0 bridgehead atoms.